The van der Waals surface area contributed by atoms with Gasteiger partial charge in [0.15, 0.2) is 0 Å². The normalized spacial score (nSPS) is 15.7. The molecule has 1 heterocycles. The van der Waals surface area contributed by atoms with Crippen LogP contribution in [0.2, 0.25) is 5.02 Å². The van der Waals surface area contributed by atoms with E-state index >= 15 is 0 Å². The van der Waals surface area contributed by atoms with Crippen molar-refractivity contribution >= 4 is 28.1 Å². The smallest absolute Gasteiger partial charge is 0.132 e. The predicted molar refractivity (Wildman–Crippen MR) is 112 cm³/mol. The van der Waals surface area contributed by atoms with Gasteiger partial charge in [0.25, 0.3) is 0 Å². The van der Waals surface area contributed by atoms with E-state index in [1.54, 1.807) is 0 Å². The third-order valence-electron chi connectivity index (χ3n) is 5.07. The molecule has 0 N–H and O–H groups in total. The maximum atomic E-state index is 6.34. The number of halogens is 1. The molecular weight excluding hydrogens is 352 g/mol. The Bertz CT molecular complexity index is 1140. The lowest BCUT2D eigenvalue weighted by atomic mass is 9.85. The molecule has 2 heteroatoms. The maximum Gasteiger partial charge on any atom is 0.132 e. The van der Waals surface area contributed by atoms with Gasteiger partial charge in [-0.25, -0.2) is 0 Å². The van der Waals surface area contributed by atoms with E-state index in [4.69, 9.17) is 16.3 Å². The fraction of sp³-hybridized carbons (Fsp3) is 0.0400. The highest BCUT2D eigenvalue weighted by Gasteiger charge is 2.26. The van der Waals surface area contributed by atoms with Crippen LogP contribution in [-0.4, -0.2) is 0 Å². The lowest BCUT2D eigenvalue weighted by molar-refractivity contribution is 0.494. The van der Waals surface area contributed by atoms with Crippen molar-refractivity contribution in [2.24, 2.45) is 0 Å². The minimum absolute atomic E-state index is 0.104. The minimum Gasteiger partial charge on any atom is -0.457 e. The van der Waals surface area contributed by atoms with Crippen LogP contribution >= 0.6 is 11.6 Å². The van der Waals surface area contributed by atoms with Gasteiger partial charge in [-0.05, 0) is 40.6 Å². The van der Waals surface area contributed by atoms with Crippen molar-refractivity contribution in [3.63, 3.8) is 0 Å². The maximum absolute atomic E-state index is 6.34. The number of rotatable bonds is 2. The molecule has 4 aromatic rings. The van der Waals surface area contributed by atoms with Crippen molar-refractivity contribution in [3.8, 4) is 5.75 Å². The molecule has 0 spiro atoms. The Morgan fingerprint density at radius 3 is 2.26 bits per heavy atom. The van der Waals surface area contributed by atoms with Crippen molar-refractivity contribution in [3.05, 3.63) is 119 Å². The highest BCUT2D eigenvalue weighted by molar-refractivity contribution is 6.30. The molecular formula is C25H17ClO. The van der Waals surface area contributed by atoms with Gasteiger partial charge in [-0.1, -0.05) is 84.4 Å². The zero-order valence-electron chi connectivity index (χ0n) is 14.6. The van der Waals surface area contributed by atoms with E-state index in [0.717, 1.165) is 22.1 Å². The lowest BCUT2D eigenvalue weighted by Crippen LogP contribution is -2.11. The van der Waals surface area contributed by atoms with Gasteiger partial charge in [-0.2, -0.15) is 0 Å². The summed E-state index contributed by atoms with van der Waals surface area (Å²) < 4.78 is 6.34. The SMILES string of the molecule is Clc1ccc(C2C=C(c3ccccc3)Oc3ccc4ccccc4c32)cc1. The summed E-state index contributed by atoms with van der Waals surface area (Å²) in [5, 5.41) is 3.19. The Labute approximate surface area is 163 Å². The topological polar surface area (TPSA) is 9.23 Å². The van der Waals surface area contributed by atoms with Crippen LogP contribution in [-0.2, 0) is 0 Å². The summed E-state index contributed by atoms with van der Waals surface area (Å²) in [6.45, 7) is 0. The molecule has 0 amide bonds. The van der Waals surface area contributed by atoms with Crippen LogP contribution in [0.15, 0.2) is 97.1 Å². The van der Waals surface area contributed by atoms with E-state index in [1.165, 1.54) is 21.9 Å². The van der Waals surface area contributed by atoms with Gasteiger partial charge >= 0.3 is 0 Å². The van der Waals surface area contributed by atoms with E-state index in [1.807, 2.05) is 30.3 Å². The molecule has 0 fully saturated rings. The van der Waals surface area contributed by atoms with Gasteiger partial charge in [0.1, 0.15) is 11.5 Å². The summed E-state index contributed by atoms with van der Waals surface area (Å²) in [6.07, 6.45) is 2.22. The largest absolute Gasteiger partial charge is 0.457 e. The second-order valence-electron chi connectivity index (χ2n) is 6.73. The highest BCUT2D eigenvalue weighted by atomic mass is 35.5. The van der Waals surface area contributed by atoms with Crippen LogP contribution < -0.4 is 4.74 Å². The monoisotopic (exact) mass is 368 g/mol. The fourth-order valence-corrected chi connectivity index (χ4v) is 3.89. The molecule has 5 rings (SSSR count). The summed E-state index contributed by atoms with van der Waals surface area (Å²) >= 11 is 6.13. The molecule has 1 atom stereocenters. The van der Waals surface area contributed by atoms with E-state index in [9.17, 15) is 0 Å². The number of benzene rings is 4. The minimum atomic E-state index is 0.104. The Kier molecular flexibility index (Phi) is 3.95. The Hall–Kier alpha value is -3.03. The summed E-state index contributed by atoms with van der Waals surface area (Å²) in [5.74, 6) is 1.90. The molecule has 0 radical (unpaired) electrons. The van der Waals surface area contributed by atoms with E-state index in [2.05, 4.69) is 66.7 Å². The van der Waals surface area contributed by atoms with Gasteiger partial charge < -0.3 is 4.74 Å². The first-order valence-corrected chi connectivity index (χ1v) is 9.39. The van der Waals surface area contributed by atoms with Crippen molar-refractivity contribution in [2.75, 3.05) is 0 Å². The molecule has 0 bridgehead atoms. The van der Waals surface area contributed by atoms with Gasteiger partial charge in [0.2, 0.25) is 0 Å². The van der Waals surface area contributed by atoms with Crippen LogP contribution in [0, 0.1) is 0 Å². The van der Waals surface area contributed by atoms with Gasteiger partial charge in [-0.3, -0.25) is 0 Å². The molecule has 0 aromatic heterocycles. The van der Waals surface area contributed by atoms with Crippen molar-refractivity contribution < 1.29 is 4.74 Å². The van der Waals surface area contributed by atoms with E-state index in [-0.39, 0.29) is 5.92 Å². The average Bonchev–Trinajstić information content (AvgIpc) is 2.74. The molecule has 1 unspecified atom stereocenters. The Morgan fingerprint density at radius 2 is 1.44 bits per heavy atom. The number of fused-ring (bicyclic) bond motifs is 3. The van der Waals surface area contributed by atoms with Crippen molar-refractivity contribution in [1.82, 2.24) is 0 Å². The molecule has 27 heavy (non-hydrogen) atoms. The first-order valence-electron chi connectivity index (χ1n) is 9.02. The molecule has 130 valence electrons. The third kappa shape index (κ3) is 2.90. The van der Waals surface area contributed by atoms with Crippen LogP contribution in [0.4, 0.5) is 0 Å². The first-order chi connectivity index (χ1) is 13.3. The summed E-state index contributed by atoms with van der Waals surface area (Å²) in [5.41, 5.74) is 3.49. The Balaban J connectivity index is 1.75. The van der Waals surface area contributed by atoms with Gasteiger partial charge in [-0.15, -0.1) is 0 Å². The van der Waals surface area contributed by atoms with Gasteiger partial charge in [0.05, 0.1) is 0 Å². The molecule has 4 aromatic carbocycles. The quantitative estimate of drug-likeness (QED) is 0.368. The summed E-state index contributed by atoms with van der Waals surface area (Å²) in [6, 6.07) is 31.0. The zero-order chi connectivity index (χ0) is 18.2. The summed E-state index contributed by atoms with van der Waals surface area (Å²) in [4.78, 5) is 0. The molecule has 0 saturated heterocycles. The number of ether oxygens (including phenoxy) is 1. The predicted octanol–water partition coefficient (Wildman–Crippen LogP) is 7.06. The van der Waals surface area contributed by atoms with Crippen LogP contribution in [0.5, 0.6) is 5.75 Å². The number of allylic oxidation sites excluding steroid dienone is 1. The van der Waals surface area contributed by atoms with Crippen LogP contribution in [0.1, 0.15) is 22.6 Å². The molecule has 1 aliphatic heterocycles. The molecule has 0 saturated carbocycles. The highest BCUT2D eigenvalue weighted by Crippen LogP contribution is 2.44. The van der Waals surface area contributed by atoms with E-state index < -0.39 is 0 Å². The standard InChI is InChI=1S/C25H17ClO/c26-20-13-10-18(11-14-20)22-16-24(19-7-2-1-3-8-19)27-23-15-12-17-6-4-5-9-21(17)25(22)23/h1-16,22H. The number of hydrogen-bond donors (Lipinski definition) is 0. The zero-order valence-corrected chi connectivity index (χ0v) is 15.4. The van der Waals surface area contributed by atoms with E-state index in [0.29, 0.717) is 0 Å². The first kappa shape index (κ1) is 16.2. The Morgan fingerprint density at radius 1 is 0.704 bits per heavy atom. The number of hydrogen-bond acceptors (Lipinski definition) is 1. The molecule has 1 nitrogen and oxygen atoms in total. The fourth-order valence-electron chi connectivity index (χ4n) is 3.76. The van der Waals surface area contributed by atoms with Crippen LogP contribution in [0.25, 0.3) is 16.5 Å². The summed E-state index contributed by atoms with van der Waals surface area (Å²) in [7, 11) is 0. The van der Waals surface area contributed by atoms with Crippen LogP contribution in [0.3, 0.4) is 0 Å². The lowest BCUT2D eigenvalue weighted by Gasteiger charge is -2.27. The average molecular weight is 369 g/mol. The van der Waals surface area contributed by atoms with Crippen molar-refractivity contribution in [1.29, 1.82) is 0 Å². The third-order valence-corrected chi connectivity index (χ3v) is 5.32. The second-order valence-corrected chi connectivity index (χ2v) is 7.16. The molecule has 1 aliphatic rings. The second kappa shape index (κ2) is 6.61. The van der Waals surface area contributed by atoms with Crippen molar-refractivity contribution in [2.45, 2.75) is 5.92 Å². The molecule has 0 aliphatic carbocycles. The van der Waals surface area contributed by atoms with Gasteiger partial charge in [0, 0.05) is 22.1 Å².